The second kappa shape index (κ2) is 8.90. The number of primary amides is 1. The van der Waals surface area contributed by atoms with Gasteiger partial charge in [0, 0.05) is 12.7 Å². The number of hydrogen-bond acceptors (Lipinski definition) is 3. The quantitative estimate of drug-likeness (QED) is 0.421. The molecule has 1 atom stereocenters. The highest BCUT2D eigenvalue weighted by atomic mass is 16.2. The Labute approximate surface area is 119 Å². The van der Waals surface area contributed by atoms with Gasteiger partial charge in [-0.2, -0.15) is 0 Å². The number of amides is 2. The molecule has 2 amide bonds. The number of urea groups is 1. The van der Waals surface area contributed by atoms with Gasteiger partial charge in [0.2, 0.25) is 0 Å². The van der Waals surface area contributed by atoms with Crippen molar-refractivity contribution in [3.05, 3.63) is 30.1 Å². The summed E-state index contributed by atoms with van der Waals surface area (Å²) in [6.07, 6.45) is 4.58. The molecule has 1 unspecified atom stereocenters. The van der Waals surface area contributed by atoms with E-state index >= 15 is 0 Å². The van der Waals surface area contributed by atoms with Gasteiger partial charge in [0.05, 0.1) is 11.7 Å². The number of unbranched alkanes of at least 4 members (excludes halogenated alkanes) is 1. The number of nitrogens with two attached hydrogens (primary N) is 1. The lowest BCUT2D eigenvalue weighted by atomic mass is 10.1. The predicted molar refractivity (Wildman–Crippen MR) is 80.3 cm³/mol. The zero-order valence-electron chi connectivity index (χ0n) is 12.1. The van der Waals surface area contributed by atoms with Gasteiger partial charge in [-0.1, -0.05) is 26.3 Å². The first-order chi connectivity index (χ1) is 9.67. The summed E-state index contributed by atoms with van der Waals surface area (Å²) in [6, 6.07) is 5.11. The first kappa shape index (κ1) is 15.9. The number of nitrogens with zero attached hydrogens (tertiary/aromatic N) is 2. The summed E-state index contributed by atoms with van der Waals surface area (Å²) in [4.78, 5) is 19.7. The third kappa shape index (κ3) is 5.69. The van der Waals surface area contributed by atoms with Crippen molar-refractivity contribution in [2.75, 3.05) is 6.54 Å². The predicted octanol–water partition coefficient (Wildman–Crippen LogP) is 1.95. The second-order valence-electron chi connectivity index (χ2n) is 4.43. The number of carbonyl (C=O) groups is 1. The largest absolute Gasteiger partial charge is 0.351 e. The van der Waals surface area contributed by atoms with E-state index in [4.69, 9.17) is 5.73 Å². The van der Waals surface area contributed by atoms with E-state index in [1.165, 1.54) is 0 Å². The summed E-state index contributed by atoms with van der Waals surface area (Å²) in [7, 11) is 0. The Morgan fingerprint density at radius 1 is 1.45 bits per heavy atom. The van der Waals surface area contributed by atoms with Gasteiger partial charge < -0.3 is 11.1 Å². The number of guanidine groups is 1. The van der Waals surface area contributed by atoms with Crippen molar-refractivity contribution in [2.45, 2.75) is 39.2 Å². The van der Waals surface area contributed by atoms with Crippen molar-refractivity contribution >= 4 is 12.0 Å². The molecule has 110 valence electrons. The summed E-state index contributed by atoms with van der Waals surface area (Å²) < 4.78 is 0. The molecule has 20 heavy (non-hydrogen) atoms. The van der Waals surface area contributed by atoms with Crippen molar-refractivity contribution in [1.82, 2.24) is 15.6 Å². The lowest BCUT2D eigenvalue weighted by Crippen LogP contribution is -2.45. The highest BCUT2D eigenvalue weighted by Gasteiger charge is 2.13. The van der Waals surface area contributed by atoms with Gasteiger partial charge in [-0.25, -0.2) is 4.79 Å². The van der Waals surface area contributed by atoms with Crippen molar-refractivity contribution < 1.29 is 4.79 Å². The molecule has 6 nitrogen and oxygen atoms in total. The molecule has 0 bridgehead atoms. The van der Waals surface area contributed by atoms with Crippen LogP contribution in [-0.4, -0.2) is 23.5 Å². The van der Waals surface area contributed by atoms with Crippen molar-refractivity contribution in [3.63, 3.8) is 0 Å². The van der Waals surface area contributed by atoms with Crippen LogP contribution in [0, 0.1) is 0 Å². The van der Waals surface area contributed by atoms with Gasteiger partial charge in [-0.05, 0) is 25.0 Å². The van der Waals surface area contributed by atoms with Crippen LogP contribution < -0.4 is 16.4 Å². The zero-order valence-corrected chi connectivity index (χ0v) is 12.1. The molecule has 0 aliphatic heterocycles. The van der Waals surface area contributed by atoms with Crippen LogP contribution in [0.25, 0.3) is 0 Å². The first-order valence-corrected chi connectivity index (χ1v) is 6.95. The Morgan fingerprint density at radius 3 is 2.80 bits per heavy atom. The fourth-order valence-corrected chi connectivity index (χ4v) is 1.72. The van der Waals surface area contributed by atoms with Crippen LogP contribution >= 0.6 is 0 Å². The van der Waals surface area contributed by atoms with Crippen molar-refractivity contribution in [1.29, 1.82) is 0 Å². The molecule has 0 fully saturated rings. The van der Waals surface area contributed by atoms with Gasteiger partial charge in [-0.15, -0.1) is 0 Å². The summed E-state index contributed by atoms with van der Waals surface area (Å²) in [6.45, 7) is 4.78. The molecule has 0 aromatic carbocycles. The minimum Gasteiger partial charge on any atom is -0.351 e. The molecule has 1 rings (SSSR count). The maximum absolute atomic E-state index is 11.0. The fourth-order valence-electron chi connectivity index (χ4n) is 1.72. The van der Waals surface area contributed by atoms with Crippen LogP contribution in [0.2, 0.25) is 0 Å². The summed E-state index contributed by atoms with van der Waals surface area (Å²) in [5.41, 5.74) is 6.07. The van der Waals surface area contributed by atoms with Crippen LogP contribution in [0.15, 0.2) is 29.4 Å². The molecule has 4 N–H and O–H groups in total. The van der Waals surface area contributed by atoms with E-state index in [-0.39, 0.29) is 6.04 Å². The van der Waals surface area contributed by atoms with E-state index in [0.717, 1.165) is 25.0 Å². The molecule has 0 aliphatic carbocycles. The topological polar surface area (TPSA) is 92.4 Å². The van der Waals surface area contributed by atoms with E-state index < -0.39 is 6.03 Å². The minimum absolute atomic E-state index is 0.0107. The number of rotatable bonds is 6. The third-order valence-electron chi connectivity index (χ3n) is 2.79. The maximum Gasteiger partial charge on any atom is 0.318 e. The van der Waals surface area contributed by atoms with E-state index in [9.17, 15) is 4.79 Å². The third-order valence-corrected chi connectivity index (χ3v) is 2.79. The molecule has 0 aliphatic rings. The number of pyridine rings is 1. The number of aromatic nitrogens is 1. The van der Waals surface area contributed by atoms with Gasteiger partial charge in [0.15, 0.2) is 5.96 Å². The number of nitrogens with one attached hydrogen (secondary N) is 2. The Morgan fingerprint density at radius 2 is 2.25 bits per heavy atom. The van der Waals surface area contributed by atoms with Crippen LogP contribution in [0.4, 0.5) is 4.79 Å². The number of aliphatic imine (C=N–C) groups is 1. The Kier molecular flexibility index (Phi) is 7.10. The van der Waals surface area contributed by atoms with E-state index in [0.29, 0.717) is 12.5 Å². The SMILES string of the molecule is CCCCN=C(NC(N)=O)NC(CC)c1ccccn1. The summed E-state index contributed by atoms with van der Waals surface area (Å²) in [5.74, 6) is 0.406. The van der Waals surface area contributed by atoms with Crippen molar-refractivity contribution in [2.24, 2.45) is 10.7 Å². The van der Waals surface area contributed by atoms with Gasteiger partial charge in [0.25, 0.3) is 0 Å². The monoisotopic (exact) mass is 277 g/mol. The number of hydrogen-bond donors (Lipinski definition) is 3. The molecule has 0 saturated carbocycles. The molecule has 0 saturated heterocycles. The van der Waals surface area contributed by atoms with Gasteiger partial charge in [-0.3, -0.25) is 15.3 Å². The standard InChI is InChI=1S/C14H23N5O/c1-3-5-9-17-14(19-13(15)20)18-11(4-2)12-8-6-7-10-16-12/h6-8,10-11H,3-5,9H2,1-2H3,(H4,15,17,18,19,20). The first-order valence-electron chi connectivity index (χ1n) is 6.95. The van der Waals surface area contributed by atoms with Crippen molar-refractivity contribution in [3.8, 4) is 0 Å². The fraction of sp³-hybridized carbons (Fsp3) is 0.500. The Balaban J connectivity index is 2.75. The zero-order chi connectivity index (χ0) is 14.8. The lowest BCUT2D eigenvalue weighted by Gasteiger charge is -2.19. The smallest absolute Gasteiger partial charge is 0.318 e. The molecular formula is C14H23N5O. The molecule has 6 heteroatoms. The van der Waals surface area contributed by atoms with E-state index in [1.807, 2.05) is 25.1 Å². The van der Waals surface area contributed by atoms with E-state index in [1.54, 1.807) is 6.20 Å². The molecule has 1 aromatic rings. The highest BCUT2D eigenvalue weighted by Crippen LogP contribution is 2.12. The number of carbonyl (C=O) groups excluding carboxylic acids is 1. The average Bonchev–Trinajstić information content (AvgIpc) is 2.45. The molecule has 0 spiro atoms. The summed E-state index contributed by atoms with van der Waals surface area (Å²) in [5, 5.41) is 5.71. The van der Waals surface area contributed by atoms with Crippen LogP contribution in [-0.2, 0) is 0 Å². The highest BCUT2D eigenvalue weighted by molar-refractivity contribution is 5.95. The Bertz CT molecular complexity index is 432. The molecule has 1 aromatic heterocycles. The minimum atomic E-state index is -0.622. The molecular weight excluding hydrogens is 254 g/mol. The van der Waals surface area contributed by atoms with Crippen LogP contribution in [0.5, 0.6) is 0 Å². The Hall–Kier alpha value is -2.11. The van der Waals surface area contributed by atoms with Gasteiger partial charge in [0.1, 0.15) is 0 Å². The van der Waals surface area contributed by atoms with E-state index in [2.05, 4.69) is 27.5 Å². The van der Waals surface area contributed by atoms with Crippen LogP contribution in [0.1, 0.15) is 44.8 Å². The molecule has 1 heterocycles. The van der Waals surface area contributed by atoms with Gasteiger partial charge >= 0.3 is 6.03 Å². The maximum atomic E-state index is 11.0. The normalized spacial score (nSPS) is 12.8. The molecule has 0 radical (unpaired) electrons. The average molecular weight is 277 g/mol. The summed E-state index contributed by atoms with van der Waals surface area (Å²) >= 11 is 0. The van der Waals surface area contributed by atoms with Crippen LogP contribution in [0.3, 0.4) is 0 Å². The second-order valence-corrected chi connectivity index (χ2v) is 4.43. The lowest BCUT2D eigenvalue weighted by molar-refractivity contribution is 0.252.